The Labute approximate surface area is 110 Å². The first-order valence-corrected chi connectivity index (χ1v) is 5.96. The second kappa shape index (κ2) is 4.50. The Hall–Kier alpha value is -1.74. The SMILES string of the molecule is Cc1c(/C=C/C(=O)O)n(C)c2c(C)c(Cl)ccc12. The Kier molecular flexibility index (Phi) is 3.18. The molecule has 18 heavy (non-hydrogen) atoms. The summed E-state index contributed by atoms with van der Waals surface area (Å²) in [6.45, 7) is 3.95. The van der Waals surface area contributed by atoms with Crippen molar-refractivity contribution in [2.45, 2.75) is 13.8 Å². The van der Waals surface area contributed by atoms with Gasteiger partial charge in [-0.15, -0.1) is 0 Å². The lowest BCUT2D eigenvalue weighted by Gasteiger charge is -2.04. The van der Waals surface area contributed by atoms with E-state index in [-0.39, 0.29) is 0 Å². The highest BCUT2D eigenvalue weighted by molar-refractivity contribution is 6.32. The summed E-state index contributed by atoms with van der Waals surface area (Å²) in [7, 11) is 1.92. The highest BCUT2D eigenvalue weighted by atomic mass is 35.5. The predicted octanol–water partition coefficient (Wildman–Crippen LogP) is 3.55. The number of aromatic nitrogens is 1. The fraction of sp³-hybridized carbons (Fsp3) is 0.214. The largest absolute Gasteiger partial charge is 0.478 e. The molecule has 0 aliphatic carbocycles. The zero-order chi connectivity index (χ0) is 13.4. The highest BCUT2D eigenvalue weighted by Gasteiger charge is 2.13. The molecule has 0 spiro atoms. The Bertz CT molecular complexity index is 668. The number of halogens is 1. The van der Waals surface area contributed by atoms with Gasteiger partial charge in [-0.05, 0) is 37.1 Å². The van der Waals surface area contributed by atoms with Crippen molar-refractivity contribution in [3.8, 4) is 0 Å². The number of hydrogen-bond donors (Lipinski definition) is 1. The smallest absolute Gasteiger partial charge is 0.328 e. The summed E-state index contributed by atoms with van der Waals surface area (Å²) in [6.07, 6.45) is 2.77. The van der Waals surface area contributed by atoms with E-state index in [1.807, 2.05) is 37.6 Å². The fourth-order valence-corrected chi connectivity index (χ4v) is 2.46. The normalized spacial score (nSPS) is 11.6. The third-order valence-electron chi connectivity index (χ3n) is 3.23. The molecule has 3 nitrogen and oxygen atoms in total. The van der Waals surface area contributed by atoms with Crippen molar-refractivity contribution < 1.29 is 9.90 Å². The van der Waals surface area contributed by atoms with Gasteiger partial charge in [0.15, 0.2) is 0 Å². The molecule has 94 valence electrons. The summed E-state index contributed by atoms with van der Waals surface area (Å²) >= 11 is 6.12. The first-order chi connectivity index (χ1) is 8.43. The molecule has 1 aromatic heterocycles. The van der Waals surface area contributed by atoms with Gasteiger partial charge in [0.05, 0.1) is 5.52 Å². The molecule has 1 heterocycles. The zero-order valence-electron chi connectivity index (χ0n) is 10.5. The predicted molar refractivity (Wildman–Crippen MR) is 74.1 cm³/mol. The van der Waals surface area contributed by atoms with E-state index in [1.54, 1.807) is 6.08 Å². The molecule has 0 atom stereocenters. The first kappa shape index (κ1) is 12.7. The number of rotatable bonds is 2. The molecule has 0 aliphatic rings. The minimum atomic E-state index is -0.950. The average molecular weight is 264 g/mol. The van der Waals surface area contributed by atoms with Crippen molar-refractivity contribution in [2.24, 2.45) is 7.05 Å². The molecule has 0 unspecified atom stereocenters. The summed E-state index contributed by atoms with van der Waals surface area (Å²) < 4.78 is 1.98. The maximum Gasteiger partial charge on any atom is 0.328 e. The van der Waals surface area contributed by atoms with E-state index in [0.717, 1.165) is 38.8 Å². The molecule has 2 aromatic rings. The van der Waals surface area contributed by atoms with Crippen molar-refractivity contribution in [3.63, 3.8) is 0 Å². The molecular formula is C14H14ClNO2. The van der Waals surface area contributed by atoms with E-state index in [4.69, 9.17) is 16.7 Å². The monoisotopic (exact) mass is 263 g/mol. The minimum absolute atomic E-state index is 0.719. The Morgan fingerprint density at radius 3 is 2.61 bits per heavy atom. The lowest BCUT2D eigenvalue weighted by atomic mass is 10.1. The average Bonchev–Trinajstić information content (AvgIpc) is 2.54. The molecule has 0 fully saturated rings. The number of aliphatic carboxylic acids is 1. The Morgan fingerprint density at radius 2 is 2.00 bits per heavy atom. The quantitative estimate of drug-likeness (QED) is 0.842. The van der Waals surface area contributed by atoms with E-state index in [2.05, 4.69) is 0 Å². The van der Waals surface area contributed by atoms with E-state index in [9.17, 15) is 4.79 Å². The molecule has 0 amide bonds. The molecule has 4 heteroatoms. The van der Waals surface area contributed by atoms with E-state index in [0.29, 0.717) is 0 Å². The fourth-order valence-electron chi connectivity index (χ4n) is 2.31. The van der Waals surface area contributed by atoms with Crippen LogP contribution in [0.25, 0.3) is 17.0 Å². The van der Waals surface area contributed by atoms with Crippen LogP contribution in [0.4, 0.5) is 0 Å². The molecule has 0 aliphatic heterocycles. The van der Waals surface area contributed by atoms with Crippen LogP contribution in [0.1, 0.15) is 16.8 Å². The van der Waals surface area contributed by atoms with Crippen molar-refractivity contribution in [2.75, 3.05) is 0 Å². The van der Waals surface area contributed by atoms with Gasteiger partial charge in [0, 0.05) is 29.2 Å². The molecular weight excluding hydrogens is 250 g/mol. The topological polar surface area (TPSA) is 42.2 Å². The number of carbonyl (C=O) groups is 1. The van der Waals surface area contributed by atoms with E-state index in [1.165, 1.54) is 0 Å². The molecule has 1 N–H and O–H groups in total. The van der Waals surface area contributed by atoms with Gasteiger partial charge in [-0.1, -0.05) is 17.7 Å². The van der Waals surface area contributed by atoms with Gasteiger partial charge < -0.3 is 9.67 Å². The van der Waals surface area contributed by atoms with Gasteiger partial charge in [-0.3, -0.25) is 0 Å². The third kappa shape index (κ3) is 1.91. The lowest BCUT2D eigenvalue weighted by molar-refractivity contribution is -0.131. The summed E-state index contributed by atoms with van der Waals surface area (Å²) in [5, 5.41) is 10.5. The number of hydrogen-bond acceptors (Lipinski definition) is 1. The summed E-state index contributed by atoms with van der Waals surface area (Å²) in [5.41, 5.74) is 4.00. The number of nitrogens with zero attached hydrogens (tertiary/aromatic N) is 1. The molecule has 0 saturated heterocycles. The molecule has 2 rings (SSSR count). The maximum absolute atomic E-state index is 10.6. The van der Waals surface area contributed by atoms with Gasteiger partial charge in [-0.2, -0.15) is 0 Å². The summed E-state index contributed by atoms with van der Waals surface area (Å²) in [5.74, 6) is -0.950. The Morgan fingerprint density at radius 1 is 1.33 bits per heavy atom. The van der Waals surface area contributed by atoms with Gasteiger partial charge in [0.2, 0.25) is 0 Å². The first-order valence-electron chi connectivity index (χ1n) is 5.58. The number of carboxylic acids is 1. The molecule has 0 radical (unpaired) electrons. The number of fused-ring (bicyclic) bond motifs is 1. The number of carboxylic acid groups (broad SMARTS) is 1. The number of benzene rings is 1. The second-order valence-corrected chi connectivity index (χ2v) is 4.72. The van der Waals surface area contributed by atoms with Crippen molar-refractivity contribution in [1.29, 1.82) is 0 Å². The van der Waals surface area contributed by atoms with E-state index >= 15 is 0 Å². The Balaban J connectivity index is 2.77. The third-order valence-corrected chi connectivity index (χ3v) is 3.64. The van der Waals surface area contributed by atoms with Crippen LogP contribution in [-0.4, -0.2) is 15.6 Å². The molecule has 1 aromatic carbocycles. The van der Waals surface area contributed by atoms with Crippen LogP contribution in [0.5, 0.6) is 0 Å². The second-order valence-electron chi connectivity index (χ2n) is 4.31. The van der Waals surface area contributed by atoms with Crippen molar-refractivity contribution >= 4 is 34.5 Å². The van der Waals surface area contributed by atoms with Gasteiger partial charge in [0.1, 0.15) is 0 Å². The van der Waals surface area contributed by atoms with Crippen LogP contribution >= 0.6 is 11.6 Å². The van der Waals surface area contributed by atoms with Gasteiger partial charge in [-0.25, -0.2) is 4.79 Å². The van der Waals surface area contributed by atoms with Crippen molar-refractivity contribution in [1.82, 2.24) is 4.57 Å². The van der Waals surface area contributed by atoms with Gasteiger partial charge >= 0.3 is 5.97 Å². The van der Waals surface area contributed by atoms with Gasteiger partial charge in [0.25, 0.3) is 0 Å². The van der Waals surface area contributed by atoms with Crippen molar-refractivity contribution in [3.05, 3.63) is 40.1 Å². The van der Waals surface area contributed by atoms with Crippen LogP contribution in [0.3, 0.4) is 0 Å². The van der Waals surface area contributed by atoms with E-state index < -0.39 is 5.97 Å². The van der Waals surface area contributed by atoms with Crippen LogP contribution in [-0.2, 0) is 11.8 Å². The summed E-state index contributed by atoms with van der Waals surface area (Å²) in [6, 6.07) is 3.84. The minimum Gasteiger partial charge on any atom is -0.478 e. The molecule has 0 saturated carbocycles. The maximum atomic E-state index is 10.6. The highest BCUT2D eigenvalue weighted by Crippen LogP contribution is 2.31. The zero-order valence-corrected chi connectivity index (χ0v) is 11.2. The van der Waals surface area contributed by atoms with Crippen LogP contribution in [0, 0.1) is 13.8 Å². The van der Waals surface area contributed by atoms with Crippen LogP contribution in [0.15, 0.2) is 18.2 Å². The molecule has 0 bridgehead atoms. The van der Waals surface area contributed by atoms with Crippen LogP contribution < -0.4 is 0 Å². The van der Waals surface area contributed by atoms with Crippen LogP contribution in [0.2, 0.25) is 5.02 Å². The standard InChI is InChI=1S/C14H14ClNO2/c1-8-10-4-5-11(15)9(2)14(10)16(3)12(8)6-7-13(17)18/h4-7H,1-3H3,(H,17,18)/b7-6+. The lowest BCUT2D eigenvalue weighted by Crippen LogP contribution is -1.94. The summed E-state index contributed by atoms with van der Waals surface area (Å²) in [4.78, 5) is 10.6. The number of aryl methyl sites for hydroxylation is 3.